The zero-order chi connectivity index (χ0) is 12.5. The molecule has 0 atom stereocenters. The Morgan fingerprint density at radius 3 is 1.81 bits per heavy atom. The highest BCUT2D eigenvalue weighted by Gasteiger charge is 2.31. The molecule has 4 heteroatoms. The van der Waals surface area contributed by atoms with Crippen LogP contribution in [-0.2, 0) is 0 Å². The van der Waals surface area contributed by atoms with Crippen LogP contribution in [-0.4, -0.2) is 6.36 Å². The smallest absolute Gasteiger partial charge is 0.406 e. The van der Waals surface area contributed by atoms with Crippen LogP contribution in [0.2, 0.25) is 0 Å². The Labute approximate surface area is 93.2 Å². The normalized spacial score (nSPS) is 12.0. The Balaban J connectivity index is 3.10. The first-order valence-corrected chi connectivity index (χ1v) is 5.07. The predicted octanol–water partition coefficient (Wildman–Crippen LogP) is 4.33. The minimum Gasteiger partial charge on any atom is -0.406 e. The average Bonchev–Trinajstić information content (AvgIpc) is 1.96. The number of benzene rings is 1. The van der Waals surface area contributed by atoms with Gasteiger partial charge in [-0.25, -0.2) is 0 Å². The molecular formula is C12H15F3O. The molecule has 0 heterocycles. The fraction of sp³-hybridized carbons (Fsp3) is 0.500. The van der Waals surface area contributed by atoms with E-state index in [4.69, 9.17) is 0 Å². The van der Waals surface area contributed by atoms with Gasteiger partial charge in [-0.3, -0.25) is 0 Å². The van der Waals surface area contributed by atoms with Crippen molar-refractivity contribution < 1.29 is 17.9 Å². The van der Waals surface area contributed by atoms with Crippen molar-refractivity contribution in [2.45, 2.75) is 40.0 Å². The topological polar surface area (TPSA) is 9.23 Å². The summed E-state index contributed by atoms with van der Waals surface area (Å²) < 4.78 is 40.0. The average molecular weight is 232 g/mol. The second-order valence-electron chi connectivity index (χ2n) is 4.17. The van der Waals surface area contributed by atoms with Crippen molar-refractivity contribution in [1.82, 2.24) is 0 Å². The van der Waals surface area contributed by atoms with Gasteiger partial charge >= 0.3 is 6.36 Å². The van der Waals surface area contributed by atoms with Crippen molar-refractivity contribution in [3.8, 4) is 5.75 Å². The molecule has 1 aromatic carbocycles. The number of hydrogen-bond donors (Lipinski definition) is 0. The van der Waals surface area contributed by atoms with Gasteiger partial charge in [0, 0.05) is 0 Å². The maximum Gasteiger partial charge on any atom is 0.573 e. The van der Waals surface area contributed by atoms with Crippen LogP contribution >= 0.6 is 0 Å². The molecule has 0 fully saturated rings. The molecule has 0 unspecified atom stereocenters. The van der Waals surface area contributed by atoms with Crippen LogP contribution in [0.3, 0.4) is 0 Å². The van der Waals surface area contributed by atoms with E-state index in [2.05, 4.69) is 4.74 Å². The summed E-state index contributed by atoms with van der Waals surface area (Å²) in [6.07, 6.45) is -4.63. The number of aryl methyl sites for hydroxylation is 2. The first-order chi connectivity index (χ1) is 7.20. The summed E-state index contributed by atoms with van der Waals surface area (Å²) in [5.74, 6) is 0.145. The lowest BCUT2D eigenvalue weighted by molar-refractivity contribution is -0.274. The number of ether oxygens (including phenoxy) is 1. The highest BCUT2D eigenvalue weighted by atomic mass is 19.4. The highest BCUT2D eigenvalue weighted by Crippen LogP contribution is 2.30. The van der Waals surface area contributed by atoms with E-state index in [0.717, 1.165) is 16.7 Å². The summed E-state index contributed by atoms with van der Waals surface area (Å²) in [5, 5.41) is 0. The maximum absolute atomic E-state index is 12.0. The van der Waals surface area contributed by atoms with Crippen molar-refractivity contribution in [3.63, 3.8) is 0 Å². The Morgan fingerprint density at radius 1 is 1.06 bits per heavy atom. The summed E-state index contributed by atoms with van der Waals surface area (Å²) in [6, 6.07) is 2.85. The van der Waals surface area contributed by atoms with Gasteiger partial charge in [0.1, 0.15) is 5.75 Å². The van der Waals surface area contributed by atoms with Gasteiger partial charge in [0.2, 0.25) is 0 Å². The maximum atomic E-state index is 12.0. The Bertz CT molecular complexity index is 357. The van der Waals surface area contributed by atoms with Crippen molar-refractivity contribution in [1.29, 1.82) is 0 Å². The van der Waals surface area contributed by atoms with Gasteiger partial charge in [0.15, 0.2) is 0 Å². The summed E-state index contributed by atoms with van der Waals surface area (Å²) >= 11 is 0. The van der Waals surface area contributed by atoms with E-state index < -0.39 is 6.36 Å². The molecule has 0 radical (unpaired) electrons. The van der Waals surface area contributed by atoms with Gasteiger partial charge in [0.25, 0.3) is 0 Å². The standard InChI is InChI=1S/C12H15F3O/c1-7(2)11-8(3)5-10(6-9(11)4)16-12(13,14)15/h5-7H,1-4H3. The number of hydrogen-bond acceptors (Lipinski definition) is 1. The Morgan fingerprint density at radius 2 is 1.50 bits per heavy atom. The predicted molar refractivity (Wildman–Crippen MR) is 56.7 cm³/mol. The first-order valence-electron chi connectivity index (χ1n) is 5.07. The Kier molecular flexibility index (Phi) is 3.51. The lowest BCUT2D eigenvalue weighted by Crippen LogP contribution is -2.17. The fourth-order valence-electron chi connectivity index (χ4n) is 2.04. The third-order valence-corrected chi connectivity index (χ3v) is 2.38. The zero-order valence-electron chi connectivity index (χ0n) is 9.77. The van der Waals surface area contributed by atoms with Gasteiger partial charge < -0.3 is 4.74 Å². The van der Waals surface area contributed by atoms with Gasteiger partial charge in [-0.2, -0.15) is 0 Å². The van der Waals surface area contributed by atoms with Crippen molar-refractivity contribution in [2.24, 2.45) is 0 Å². The van der Waals surface area contributed by atoms with Crippen molar-refractivity contribution in [2.75, 3.05) is 0 Å². The molecule has 0 aliphatic heterocycles. The third-order valence-electron chi connectivity index (χ3n) is 2.38. The molecule has 0 spiro atoms. The van der Waals surface area contributed by atoms with E-state index in [-0.39, 0.29) is 5.75 Å². The molecule has 0 saturated heterocycles. The van der Waals surface area contributed by atoms with E-state index >= 15 is 0 Å². The van der Waals surface area contributed by atoms with Crippen LogP contribution in [0.1, 0.15) is 36.5 Å². The minimum absolute atomic E-state index is 0.146. The summed E-state index contributed by atoms with van der Waals surface area (Å²) in [4.78, 5) is 0. The second-order valence-corrected chi connectivity index (χ2v) is 4.17. The monoisotopic (exact) mass is 232 g/mol. The van der Waals surface area contributed by atoms with E-state index in [1.165, 1.54) is 12.1 Å². The van der Waals surface area contributed by atoms with Crippen molar-refractivity contribution >= 4 is 0 Å². The SMILES string of the molecule is Cc1cc(OC(F)(F)F)cc(C)c1C(C)C. The molecule has 1 rings (SSSR count). The summed E-state index contributed by atoms with van der Waals surface area (Å²) in [6.45, 7) is 7.62. The molecule has 0 aliphatic carbocycles. The number of alkyl halides is 3. The molecule has 90 valence electrons. The lowest BCUT2D eigenvalue weighted by atomic mass is 9.93. The van der Waals surface area contributed by atoms with Crippen LogP contribution in [0.5, 0.6) is 5.75 Å². The van der Waals surface area contributed by atoms with E-state index in [9.17, 15) is 13.2 Å². The lowest BCUT2D eigenvalue weighted by Gasteiger charge is -2.16. The summed E-state index contributed by atoms with van der Waals surface area (Å²) in [5.41, 5.74) is 2.73. The Hall–Kier alpha value is -1.19. The van der Waals surface area contributed by atoms with E-state index in [1.807, 2.05) is 13.8 Å². The molecule has 0 aliphatic rings. The number of halogens is 3. The molecule has 0 bridgehead atoms. The van der Waals surface area contributed by atoms with Crippen LogP contribution in [0.15, 0.2) is 12.1 Å². The zero-order valence-corrected chi connectivity index (χ0v) is 9.77. The number of rotatable bonds is 2. The van der Waals surface area contributed by atoms with Gasteiger partial charge in [-0.1, -0.05) is 13.8 Å². The van der Waals surface area contributed by atoms with Gasteiger partial charge in [-0.05, 0) is 48.6 Å². The van der Waals surface area contributed by atoms with Crippen molar-refractivity contribution in [3.05, 3.63) is 28.8 Å². The molecule has 1 nitrogen and oxygen atoms in total. The quantitative estimate of drug-likeness (QED) is 0.737. The highest BCUT2D eigenvalue weighted by molar-refractivity contribution is 5.42. The molecular weight excluding hydrogens is 217 g/mol. The van der Waals surface area contributed by atoms with Crippen LogP contribution in [0.25, 0.3) is 0 Å². The molecule has 16 heavy (non-hydrogen) atoms. The first kappa shape index (κ1) is 12.9. The molecule has 1 aromatic rings. The van der Waals surface area contributed by atoms with Crippen LogP contribution < -0.4 is 4.74 Å². The molecule has 0 N–H and O–H groups in total. The molecule has 0 aromatic heterocycles. The molecule has 0 saturated carbocycles. The van der Waals surface area contributed by atoms with Crippen LogP contribution in [0.4, 0.5) is 13.2 Å². The van der Waals surface area contributed by atoms with Gasteiger partial charge in [-0.15, -0.1) is 13.2 Å². The third kappa shape index (κ3) is 3.15. The van der Waals surface area contributed by atoms with E-state index in [1.54, 1.807) is 13.8 Å². The molecule has 0 amide bonds. The fourth-order valence-corrected chi connectivity index (χ4v) is 2.04. The van der Waals surface area contributed by atoms with Gasteiger partial charge in [0.05, 0.1) is 0 Å². The van der Waals surface area contributed by atoms with Crippen LogP contribution in [0, 0.1) is 13.8 Å². The minimum atomic E-state index is -4.63. The largest absolute Gasteiger partial charge is 0.573 e. The second kappa shape index (κ2) is 4.36. The summed E-state index contributed by atoms with van der Waals surface area (Å²) in [7, 11) is 0. The van der Waals surface area contributed by atoms with E-state index in [0.29, 0.717) is 5.92 Å².